The molecule has 1 unspecified atom stereocenters. The summed E-state index contributed by atoms with van der Waals surface area (Å²) in [6.45, 7) is 8.19. The van der Waals surface area contributed by atoms with Crippen LogP contribution in [0.25, 0.3) is 5.69 Å². The fraction of sp³-hybridized carbons (Fsp3) is 0.542. The van der Waals surface area contributed by atoms with Crippen LogP contribution in [-0.4, -0.2) is 77.2 Å². The number of piperazine rings is 1. The minimum atomic E-state index is -0.419. The van der Waals surface area contributed by atoms with Gasteiger partial charge in [-0.1, -0.05) is 12.1 Å². The Kier molecular flexibility index (Phi) is 7.74. The van der Waals surface area contributed by atoms with Gasteiger partial charge in [0.25, 0.3) is 0 Å². The van der Waals surface area contributed by atoms with Crippen molar-refractivity contribution in [2.24, 2.45) is 11.7 Å². The van der Waals surface area contributed by atoms with E-state index in [-0.39, 0.29) is 17.9 Å². The summed E-state index contributed by atoms with van der Waals surface area (Å²) in [5.74, 6) is 0.915. The second-order valence-electron chi connectivity index (χ2n) is 9.09. The zero-order valence-electron chi connectivity index (χ0n) is 19.4. The Morgan fingerprint density at radius 3 is 2.48 bits per heavy atom. The lowest BCUT2D eigenvalue weighted by Crippen LogP contribution is -2.48. The average Bonchev–Trinajstić information content (AvgIpc) is 2.84. The van der Waals surface area contributed by atoms with Gasteiger partial charge in [-0.05, 0) is 69.0 Å². The van der Waals surface area contributed by atoms with Gasteiger partial charge < -0.3 is 20.9 Å². The number of hydrogen-bond acceptors (Lipinski definition) is 6. The molecule has 1 aromatic carbocycles. The van der Waals surface area contributed by atoms with E-state index in [1.54, 1.807) is 17.2 Å². The largest absolute Gasteiger partial charge is 0.354 e. The van der Waals surface area contributed by atoms with E-state index in [2.05, 4.69) is 39.6 Å². The predicted molar refractivity (Wildman–Crippen MR) is 130 cm³/mol. The first kappa shape index (κ1) is 23.4. The molecule has 9 heteroatoms. The molecule has 3 heterocycles. The Labute approximate surface area is 195 Å². The van der Waals surface area contributed by atoms with E-state index in [1.165, 1.54) is 23.0 Å². The predicted octanol–water partition coefficient (Wildman–Crippen LogP) is 1.27. The summed E-state index contributed by atoms with van der Waals surface area (Å²) in [4.78, 5) is 33.1. The molecule has 4 rings (SSSR count). The molecule has 2 aromatic rings. The van der Waals surface area contributed by atoms with Crippen molar-refractivity contribution in [3.8, 4) is 5.69 Å². The molecule has 0 radical (unpaired) electrons. The van der Waals surface area contributed by atoms with Gasteiger partial charge in [-0.3, -0.25) is 9.88 Å². The monoisotopic (exact) mass is 453 g/mol. The molecule has 0 aliphatic carbocycles. The number of carbonyl (C=O) groups is 1. The molecule has 33 heavy (non-hydrogen) atoms. The summed E-state index contributed by atoms with van der Waals surface area (Å²) in [6.07, 6.45) is 4.99. The average molecular weight is 454 g/mol. The van der Waals surface area contributed by atoms with Gasteiger partial charge in [0, 0.05) is 45.0 Å². The lowest BCUT2D eigenvalue weighted by atomic mass is 9.91. The highest BCUT2D eigenvalue weighted by Crippen LogP contribution is 2.20. The number of likely N-dealkylation sites (tertiary alicyclic amines) is 1. The maximum Gasteiger partial charge on any atom is 0.354 e. The molecular weight excluding hydrogens is 418 g/mol. The van der Waals surface area contributed by atoms with Crippen LogP contribution in [0.4, 0.5) is 10.6 Å². The molecule has 1 atom stereocenters. The zero-order valence-corrected chi connectivity index (χ0v) is 19.4. The van der Waals surface area contributed by atoms with E-state index in [9.17, 15) is 9.59 Å². The number of nitrogens with two attached hydrogens (primary N) is 1. The van der Waals surface area contributed by atoms with Gasteiger partial charge in [0.05, 0.1) is 5.69 Å². The van der Waals surface area contributed by atoms with Gasteiger partial charge in [-0.2, -0.15) is 4.98 Å². The molecule has 9 nitrogen and oxygen atoms in total. The van der Waals surface area contributed by atoms with Crippen molar-refractivity contribution >= 4 is 11.8 Å². The Bertz CT molecular complexity index is 975. The first-order valence-electron chi connectivity index (χ1n) is 11.9. The molecule has 2 saturated heterocycles. The number of urea groups is 1. The lowest BCUT2D eigenvalue weighted by molar-refractivity contribution is 0.174. The molecule has 1 aromatic heterocycles. The third-order valence-electron chi connectivity index (χ3n) is 6.75. The maximum absolute atomic E-state index is 12.6. The molecule has 2 aliphatic rings. The summed E-state index contributed by atoms with van der Waals surface area (Å²) >= 11 is 0. The van der Waals surface area contributed by atoms with Crippen molar-refractivity contribution in [2.75, 3.05) is 51.1 Å². The number of nitrogens with zero attached hydrogens (tertiary/aromatic N) is 4. The molecule has 2 fully saturated rings. The van der Waals surface area contributed by atoms with Gasteiger partial charge in [-0.15, -0.1) is 0 Å². The third-order valence-corrected chi connectivity index (χ3v) is 6.75. The first-order chi connectivity index (χ1) is 16.0. The van der Waals surface area contributed by atoms with Crippen molar-refractivity contribution in [1.29, 1.82) is 0 Å². The van der Waals surface area contributed by atoms with E-state index in [1.807, 2.05) is 12.1 Å². The Hall–Kier alpha value is -2.75. The molecule has 2 aliphatic heterocycles. The maximum atomic E-state index is 12.6. The SMILES string of the molecule is CC(N)C1CCN(CCc2ccc(-n3ccc(NC(=O)N4CCNCC4)nc3=O)cc2)CC1. The quantitative estimate of drug-likeness (QED) is 0.608. The van der Waals surface area contributed by atoms with Crippen LogP contribution in [0.15, 0.2) is 41.3 Å². The lowest BCUT2D eigenvalue weighted by Gasteiger charge is -2.33. The highest BCUT2D eigenvalue weighted by molar-refractivity contribution is 5.88. The summed E-state index contributed by atoms with van der Waals surface area (Å²) < 4.78 is 1.49. The van der Waals surface area contributed by atoms with Crippen molar-refractivity contribution in [3.63, 3.8) is 0 Å². The fourth-order valence-corrected chi connectivity index (χ4v) is 4.54. The standard InChI is InChI=1S/C24H35N7O2/c1-18(25)20-7-13-29(14-8-20)12-6-19-2-4-21(5-3-19)31-15-9-22(28-24(31)33)27-23(32)30-16-10-26-11-17-30/h2-5,9,15,18,20,26H,6-8,10-14,16-17,25H2,1H3,(H,27,28,32,33). The number of carbonyl (C=O) groups excluding carboxylic acids is 1. The van der Waals surface area contributed by atoms with Gasteiger partial charge in [0.2, 0.25) is 0 Å². The molecule has 0 spiro atoms. The Balaban J connectivity index is 1.31. The van der Waals surface area contributed by atoms with Crippen LogP contribution in [0.1, 0.15) is 25.3 Å². The molecular formula is C24H35N7O2. The topological polar surface area (TPSA) is 109 Å². The third kappa shape index (κ3) is 6.19. The number of aromatic nitrogens is 2. The van der Waals surface area contributed by atoms with E-state index in [4.69, 9.17) is 5.73 Å². The highest BCUT2D eigenvalue weighted by Gasteiger charge is 2.21. The molecule has 4 N–H and O–H groups in total. The zero-order chi connectivity index (χ0) is 23.2. The Morgan fingerprint density at radius 1 is 1.15 bits per heavy atom. The van der Waals surface area contributed by atoms with Crippen LogP contribution in [0.2, 0.25) is 0 Å². The number of piperidine rings is 1. The number of benzene rings is 1. The van der Waals surface area contributed by atoms with Crippen LogP contribution < -0.4 is 22.1 Å². The highest BCUT2D eigenvalue weighted by atomic mass is 16.2. The van der Waals surface area contributed by atoms with E-state index >= 15 is 0 Å². The first-order valence-corrected chi connectivity index (χ1v) is 11.9. The number of nitrogens with one attached hydrogen (secondary N) is 2. The van der Waals surface area contributed by atoms with Gasteiger partial charge in [0.15, 0.2) is 0 Å². The van der Waals surface area contributed by atoms with Gasteiger partial charge >= 0.3 is 11.7 Å². The molecule has 178 valence electrons. The summed E-state index contributed by atoms with van der Waals surface area (Å²) in [5, 5.41) is 5.92. The minimum absolute atomic E-state index is 0.229. The van der Waals surface area contributed by atoms with Crippen LogP contribution in [0, 0.1) is 5.92 Å². The summed E-state index contributed by atoms with van der Waals surface area (Å²) in [7, 11) is 0. The van der Waals surface area contributed by atoms with Crippen LogP contribution in [0.5, 0.6) is 0 Å². The second-order valence-corrected chi connectivity index (χ2v) is 9.09. The normalized spacial score (nSPS) is 18.8. The van der Waals surface area contributed by atoms with E-state index in [0.29, 0.717) is 19.0 Å². The summed E-state index contributed by atoms with van der Waals surface area (Å²) in [6, 6.07) is 9.73. The summed E-state index contributed by atoms with van der Waals surface area (Å²) in [5.41, 5.74) is 7.63. The Morgan fingerprint density at radius 2 is 1.85 bits per heavy atom. The minimum Gasteiger partial charge on any atom is -0.328 e. The molecule has 2 amide bonds. The van der Waals surface area contributed by atoms with Crippen molar-refractivity contribution in [1.82, 2.24) is 24.7 Å². The van der Waals surface area contributed by atoms with Crippen LogP contribution in [-0.2, 0) is 6.42 Å². The number of anilines is 1. The van der Waals surface area contributed by atoms with Crippen molar-refractivity contribution < 1.29 is 4.79 Å². The fourth-order valence-electron chi connectivity index (χ4n) is 4.54. The number of rotatable bonds is 6. The van der Waals surface area contributed by atoms with Gasteiger partial charge in [-0.25, -0.2) is 9.59 Å². The van der Waals surface area contributed by atoms with Crippen molar-refractivity contribution in [2.45, 2.75) is 32.2 Å². The van der Waals surface area contributed by atoms with Crippen molar-refractivity contribution in [3.05, 3.63) is 52.6 Å². The van der Waals surface area contributed by atoms with E-state index in [0.717, 1.165) is 44.8 Å². The number of amides is 2. The molecule has 0 bridgehead atoms. The van der Waals surface area contributed by atoms with E-state index < -0.39 is 5.69 Å². The van der Waals surface area contributed by atoms with Gasteiger partial charge in [0.1, 0.15) is 5.82 Å². The van der Waals surface area contributed by atoms with Crippen LogP contribution >= 0.6 is 0 Å². The number of hydrogen-bond donors (Lipinski definition) is 3. The second kappa shape index (κ2) is 10.9. The molecule has 0 saturated carbocycles. The van der Waals surface area contributed by atoms with Crippen LogP contribution in [0.3, 0.4) is 0 Å². The smallest absolute Gasteiger partial charge is 0.328 e.